The van der Waals surface area contributed by atoms with Gasteiger partial charge in [-0.2, -0.15) is 13.2 Å². The average molecular weight is 328 g/mol. The quantitative estimate of drug-likeness (QED) is 0.536. The highest BCUT2D eigenvalue weighted by Gasteiger charge is 2.30. The molecule has 1 aromatic heterocycles. The van der Waals surface area contributed by atoms with Crippen molar-refractivity contribution in [3.63, 3.8) is 0 Å². The van der Waals surface area contributed by atoms with Crippen LogP contribution < -0.4 is 0 Å². The van der Waals surface area contributed by atoms with Crippen molar-refractivity contribution in [3.8, 4) is 11.1 Å². The summed E-state index contributed by atoms with van der Waals surface area (Å²) in [7, 11) is 0. The van der Waals surface area contributed by atoms with Crippen LogP contribution in [0, 0.1) is 0 Å². The van der Waals surface area contributed by atoms with Crippen LogP contribution in [-0.4, -0.2) is 9.97 Å². The molecule has 100 valence electrons. The van der Waals surface area contributed by atoms with E-state index in [1.54, 1.807) is 0 Å². The minimum Gasteiger partial charge on any atom is -0.205 e. The van der Waals surface area contributed by atoms with Crippen molar-refractivity contribution in [2.45, 2.75) is 6.18 Å². The summed E-state index contributed by atoms with van der Waals surface area (Å²) in [6, 6.07) is 4.55. The van der Waals surface area contributed by atoms with E-state index in [0.717, 1.165) is 12.1 Å². The third-order valence-electron chi connectivity index (χ3n) is 2.27. The normalized spacial score (nSPS) is 11.7. The molecule has 1 aromatic carbocycles. The van der Waals surface area contributed by atoms with E-state index in [-0.39, 0.29) is 26.7 Å². The summed E-state index contributed by atoms with van der Waals surface area (Å²) in [6.45, 7) is 0. The molecule has 2 aromatic rings. The Morgan fingerprint density at radius 2 is 1.53 bits per heavy atom. The summed E-state index contributed by atoms with van der Waals surface area (Å²) >= 11 is 17.2. The van der Waals surface area contributed by atoms with Crippen LogP contribution in [0.15, 0.2) is 24.3 Å². The molecule has 0 spiro atoms. The van der Waals surface area contributed by atoms with Crippen LogP contribution in [-0.2, 0) is 6.18 Å². The molecule has 0 fully saturated rings. The number of hydrogen-bond acceptors (Lipinski definition) is 2. The lowest BCUT2D eigenvalue weighted by atomic mass is 10.1. The van der Waals surface area contributed by atoms with E-state index in [4.69, 9.17) is 34.8 Å². The van der Waals surface area contributed by atoms with Gasteiger partial charge in [-0.25, -0.2) is 9.97 Å². The predicted molar refractivity (Wildman–Crippen MR) is 67.5 cm³/mol. The predicted octanol–water partition coefficient (Wildman–Crippen LogP) is 5.12. The third kappa shape index (κ3) is 3.11. The summed E-state index contributed by atoms with van der Waals surface area (Å²) in [5.41, 5.74) is -0.535. The zero-order valence-corrected chi connectivity index (χ0v) is 11.2. The van der Waals surface area contributed by atoms with Crippen molar-refractivity contribution in [1.82, 2.24) is 9.97 Å². The van der Waals surface area contributed by atoms with Crippen LogP contribution >= 0.6 is 34.8 Å². The van der Waals surface area contributed by atoms with Gasteiger partial charge in [-0.3, -0.25) is 0 Å². The van der Waals surface area contributed by atoms with Crippen LogP contribution in [0.5, 0.6) is 0 Å². The molecule has 8 heteroatoms. The van der Waals surface area contributed by atoms with Crippen molar-refractivity contribution in [2.75, 3.05) is 0 Å². The van der Waals surface area contributed by atoms with Crippen molar-refractivity contribution in [3.05, 3.63) is 45.4 Å². The maximum Gasteiger partial charge on any atom is 0.416 e. The van der Waals surface area contributed by atoms with E-state index < -0.39 is 11.7 Å². The molecule has 2 rings (SSSR count). The first-order valence-electron chi connectivity index (χ1n) is 4.85. The monoisotopic (exact) mass is 326 g/mol. The van der Waals surface area contributed by atoms with E-state index in [1.807, 2.05) is 0 Å². The molecule has 2 nitrogen and oxygen atoms in total. The molecular weight excluding hydrogens is 323 g/mol. The minimum atomic E-state index is -4.46. The van der Waals surface area contributed by atoms with Gasteiger partial charge >= 0.3 is 6.18 Å². The fraction of sp³-hybridized carbons (Fsp3) is 0.0909. The van der Waals surface area contributed by atoms with Gasteiger partial charge in [0.25, 0.3) is 0 Å². The molecule has 0 N–H and O–H groups in total. The number of nitrogens with zero attached hydrogens (tertiary/aromatic N) is 2. The number of aromatic nitrogens is 2. The molecule has 0 atom stereocenters. The van der Waals surface area contributed by atoms with Crippen molar-refractivity contribution in [1.29, 1.82) is 0 Å². The Morgan fingerprint density at radius 1 is 0.947 bits per heavy atom. The summed E-state index contributed by atoms with van der Waals surface area (Å²) in [4.78, 5) is 7.31. The van der Waals surface area contributed by atoms with E-state index in [9.17, 15) is 13.2 Å². The highest BCUT2D eigenvalue weighted by atomic mass is 35.5. The largest absolute Gasteiger partial charge is 0.416 e. The standard InChI is InChI=1S/C11H4Cl3F3N2/c12-8-7(9(13)19-10(14)18-8)5-2-1-3-6(4-5)11(15,16)17/h1-4H. The summed E-state index contributed by atoms with van der Waals surface area (Å²) in [5.74, 6) is 0. The molecule has 0 amide bonds. The topological polar surface area (TPSA) is 25.8 Å². The molecular formula is C11H4Cl3F3N2. The fourth-order valence-electron chi connectivity index (χ4n) is 1.47. The highest BCUT2D eigenvalue weighted by Crippen LogP contribution is 2.36. The van der Waals surface area contributed by atoms with Crippen LogP contribution in [0.25, 0.3) is 11.1 Å². The van der Waals surface area contributed by atoms with Crippen molar-refractivity contribution < 1.29 is 13.2 Å². The number of halogens is 6. The van der Waals surface area contributed by atoms with Gasteiger partial charge in [0, 0.05) is 0 Å². The first kappa shape index (κ1) is 14.4. The van der Waals surface area contributed by atoms with E-state index in [2.05, 4.69) is 9.97 Å². The number of alkyl halides is 3. The first-order valence-corrected chi connectivity index (χ1v) is 5.98. The Labute approximate surface area is 121 Å². The zero-order valence-electron chi connectivity index (χ0n) is 8.97. The van der Waals surface area contributed by atoms with Gasteiger partial charge in [0.1, 0.15) is 10.3 Å². The second-order valence-electron chi connectivity index (χ2n) is 3.53. The second-order valence-corrected chi connectivity index (χ2v) is 4.58. The smallest absolute Gasteiger partial charge is 0.205 e. The van der Waals surface area contributed by atoms with Crippen LogP contribution in [0.3, 0.4) is 0 Å². The maximum atomic E-state index is 12.6. The number of rotatable bonds is 1. The Balaban J connectivity index is 2.60. The average Bonchev–Trinajstić information content (AvgIpc) is 2.26. The van der Waals surface area contributed by atoms with Crippen LogP contribution in [0.1, 0.15) is 5.56 Å². The summed E-state index contributed by atoms with van der Waals surface area (Å²) in [5, 5.41) is -0.389. The van der Waals surface area contributed by atoms with Gasteiger partial charge in [0.15, 0.2) is 0 Å². The van der Waals surface area contributed by atoms with Gasteiger partial charge in [0.2, 0.25) is 5.28 Å². The second kappa shape index (κ2) is 5.15. The lowest BCUT2D eigenvalue weighted by molar-refractivity contribution is -0.137. The van der Waals surface area contributed by atoms with Crippen LogP contribution in [0.4, 0.5) is 13.2 Å². The SMILES string of the molecule is FC(F)(F)c1cccc(-c2c(Cl)nc(Cl)nc2Cl)c1. The number of benzene rings is 1. The Morgan fingerprint density at radius 3 is 2.05 bits per heavy atom. The lowest BCUT2D eigenvalue weighted by Crippen LogP contribution is -2.04. The fourth-order valence-corrected chi connectivity index (χ4v) is 2.33. The van der Waals surface area contributed by atoms with Gasteiger partial charge in [-0.05, 0) is 29.3 Å². The Bertz CT molecular complexity index is 606. The van der Waals surface area contributed by atoms with E-state index >= 15 is 0 Å². The maximum absolute atomic E-state index is 12.6. The van der Waals surface area contributed by atoms with Gasteiger partial charge in [-0.1, -0.05) is 35.3 Å². The van der Waals surface area contributed by atoms with Gasteiger partial charge < -0.3 is 0 Å². The van der Waals surface area contributed by atoms with E-state index in [1.165, 1.54) is 12.1 Å². The molecule has 0 saturated carbocycles. The minimum absolute atomic E-state index is 0.107. The van der Waals surface area contributed by atoms with Crippen LogP contribution in [0.2, 0.25) is 15.6 Å². The number of hydrogen-bond donors (Lipinski definition) is 0. The molecule has 19 heavy (non-hydrogen) atoms. The van der Waals surface area contributed by atoms with Crippen molar-refractivity contribution >= 4 is 34.8 Å². The molecule has 0 unspecified atom stereocenters. The summed E-state index contributed by atoms with van der Waals surface area (Å²) in [6.07, 6.45) is -4.46. The third-order valence-corrected chi connectivity index (χ3v) is 2.99. The van der Waals surface area contributed by atoms with Gasteiger partial charge in [-0.15, -0.1) is 0 Å². The molecule has 1 heterocycles. The van der Waals surface area contributed by atoms with Crippen molar-refractivity contribution in [2.24, 2.45) is 0 Å². The highest BCUT2D eigenvalue weighted by molar-refractivity contribution is 6.39. The molecule has 0 radical (unpaired) electrons. The lowest BCUT2D eigenvalue weighted by Gasteiger charge is -2.10. The molecule has 0 aliphatic carbocycles. The molecule has 0 bridgehead atoms. The first-order chi connectivity index (χ1) is 8.79. The Kier molecular flexibility index (Phi) is 3.90. The zero-order chi connectivity index (χ0) is 14.2. The summed E-state index contributed by atoms with van der Waals surface area (Å²) < 4.78 is 37.9. The molecule has 0 aliphatic rings. The van der Waals surface area contributed by atoms with Gasteiger partial charge in [0.05, 0.1) is 11.1 Å². The Hall–Kier alpha value is -1.04. The molecule has 0 saturated heterocycles. The van der Waals surface area contributed by atoms with E-state index in [0.29, 0.717) is 0 Å². The molecule has 0 aliphatic heterocycles.